The largest absolute Gasteiger partial charge is 0.443 e. The molecule has 3 N–H and O–H groups in total. The SMILES string of the molecule is CC(C)CN(C[C@@H](O)[C@H](Cc1ccccc1)NC(=O)O[C@H]1CO[C@H]2OCC[C@H]21)S(=O)(=O)c1ccc2nc(NC3CCN(Cc4cccnc4)C3)sc2c1. The molecule has 15 heteroatoms. The summed E-state index contributed by atoms with van der Waals surface area (Å²) < 4.78 is 47.6. The first kappa shape index (κ1) is 37.6. The zero-order valence-electron chi connectivity index (χ0n) is 30.0. The van der Waals surface area contributed by atoms with E-state index in [1.807, 2.05) is 56.4 Å². The van der Waals surface area contributed by atoms with E-state index in [9.17, 15) is 18.3 Å². The number of sulfonamides is 1. The third-order valence-corrected chi connectivity index (χ3v) is 12.8. The van der Waals surface area contributed by atoms with Crippen LogP contribution in [-0.4, -0.2) is 109 Å². The Morgan fingerprint density at radius 2 is 1.92 bits per heavy atom. The molecule has 6 atom stereocenters. The lowest BCUT2D eigenvalue weighted by Crippen LogP contribution is -2.51. The Morgan fingerprint density at radius 1 is 1.09 bits per heavy atom. The van der Waals surface area contributed by atoms with Gasteiger partial charge in [-0.15, -0.1) is 0 Å². The zero-order valence-corrected chi connectivity index (χ0v) is 31.7. The number of anilines is 1. The average molecular weight is 765 g/mol. The van der Waals surface area contributed by atoms with Crippen molar-refractivity contribution in [2.24, 2.45) is 11.8 Å². The van der Waals surface area contributed by atoms with Gasteiger partial charge >= 0.3 is 6.09 Å². The van der Waals surface area contributed by atoms with Crippen LogP contribution in [0.4, 0.5) is 9.93 Å². The molecule has 1 amide bonds. The van der Waals surface area contributed by atoms with Gasteiger partial charge in [0.1, 0.15) is 6.10 Å². The summed E-state index contributed by atoms with van der Waals surface area (Å²) in [6.07, 6.45) is 2.89. The van der Waals surface area contributed by atoms with E-state index in [0.29, 0.717) is 12.1 Å². The lowest BCUT2D eigenvalue weighted by molar-refractivity contribution is -0.0907. The molecular formula is C38H48N6O7S2. The van der Waals surface area contributed by atoms with Crippen molar-refractivity contribution >= 4 is 42.8 Å². The van der Waals surface area contributed by atoms with Crippen molar-refractivity contribution in [3.8, 4) is 0 Å². The van der Waals surface area contributed by atoms with Crippen molar-refractivity contribution in [3.05, 3.63) is 84.2 Å². The molecule has 2 aromatic heterocycles. The zero-order chi connectivity index (χ0) is 37.0. The average Bonchev–Trinajstić information content (AvgIpc) is 3.95. The van der Waals surface area contributed by atoms with Crippen LogP contribution in [-0.2, 0) is 37.2 Å². The number of carbonyl (C=O) groups is 1. The van der Waals surface area contributed by atoms with E-state index in [4.69, 9.17) is 19.2 Å². The monoisotopic (exact) mass is 764 g/mol. The van der Waals surface area contributed by atoms with Crippen LogP contribution in [0.2, 0.25) is 0 Å². The van der Waals surface area contributed by atoms with Crippen molar-refractivity contribution in [2.75, 3.05) is 44.7 Å². The number of alkyl carbamates (subject to hydrolysis) is 1. The number of carbonyl (C=O) groups excluding carboxylic acids is 1. The highest BCUT2D eigenvalue weighted by Gasteiger charge is 2.44. The molecule has 0 aliphatic carbocycles. The van der Waals surface area contributed by atoms with E-state index in [1.54, 1.807) is 24.4 Å². The topological polar surface area (TPSA) is 155 Å². The number of hydrogen-bond acceptors (Lipinski definition) is 12. The third kappa shape index (κ3) is 9.34. The number of aliphatic hydroxyl groups excluding tert-OH is 1. The highest BCUT2D eigenvalue weighted by Crippen LogP contribution is 2.34. The first-order valence-electron chi connectivity index (χ1n) is 18.3. The number of benzene rings is 2. The molecule has 5 heterocycles. The van der Waals surface area contributed by atoms with Crippen molar-refractivity contribution in [1.82, 2.24) is 24.5 Å². The number of ether oxygens (including phenoxy) is 3. The van der Waals surface area contributed by atoms with Crippen LogP contribution in [0.15, 0.2) is 78.0 Å². The van der Waals surface area contributed by atoms with E-state index in [-0.39, 0.29) is 55.2 Å². The second kappa shape index (κ2) is 16.8. The highest BCUT2D eigenvalue weighted by molar-refractivity contribution is 7.89. The van der Waals surface area contributed by atoms with Gasteiger partial charge in [0, 0.05) is 51.2 Å². The number of pyridine rings is 1. The normalized spacial score (nSPS) is 23.0. The number of likely N-dealkylation sites (tertiary alicyclic amines) is 1. The molecule has 53 heavy (non-hydrogen) atoms. The van der Waals surface area contributed by atoms with Gasteiger partial charge in [-0.3, -0.25) is 9.88 Å². The second-order valence-electron chi connectivity index (χ2n) is 14.6. The van der Waals surface area contributed by atoms with Crippen LogP contribution >= 0.6 is 11.3 Å². The van der Waals surface area contributed by atoms with Gasteiger partial charge in [0.25, 0.3) is 0 Å². The Bertz CT molecular complexity index is 1930. The van der Waals surface area contributed by atoms with Gasteiger partial charge in [-0.2, -0.15) is 4.31 Å². The summed E-state index contributed by atoms with van der Waals surface area (Å²) in [6.45, 7) is 7.28. The molecule has 2 aromatic carbocycles. The molecule has 0 bridgehead atoms. The van der Waals surface area contributed by atoms with E-state index < -0.39 is 34.4 Å². The maximum absolute atomic E-state index is 14.3. The number of thiazole rings is 1. The van der Waals surface area contributed by atoms with Crippen LogP contribution in [0.1, 0.15) is 37.8 Å². The quantitative estimate of drug-likeness (QED) is 0.157. The lowest BCUT2D eigenvalue weighted by Gasteiger charge is -2.31. The Kier molecular flexibility index (Phi) is 11.9. The van der Waals surface area contributed by atoms with Crippen molar-refractivity contribution < 1.29 is 32.5 Å². The number of hydrogen-bond donors (Lipinski definition) is 3. The molecule has 1 unspecified atom stereocenters. The molecule has 3 aliphatic heterocycles. The van der Waals surface area contributed by atoms with Gasteiger partial charge in [0.2, 0.25) is 10.0 Å². The minimum atomic E-state index is -4.05. The maximum Gasteiger partial charge on any atom is 0.407 e. The van der Waals surface area contributed by atoms with Crippen LogP contribution in [0.25, 0.3) is 10.2 Å². The van der Waals surface area contributed by atoms with Crippen LogP contribution in [0.5, 0.6) is 0 Å². The number of nitrogens with one attached hydrogen (secondary N) is 2. The standard InChI is InChI=1S/C38H48N6O7S2/c1-25(2)20-44(23-33(45)32(17-26-7-4-3-5-8-26)42-38(46)51-34-24-50-36-30(34)13-16-49-36)53(47,48)29-10-11-31-35(18-29)52-37(41-31)40-28-12-15-43(22-28)21-27-9-6-14-39-19-27/h3-11,14,18-19,25,28,30,32-34,36,45H,12-13,15-17,20-24H2,1-2H3,(H,40,41)(H,42,46)/t28?,30-,32-,33+,34-,36+/m0/s1. The number of aliphatic hydroxyl groups is 1. The van der Waals surface area contributed by atoms with Gasteiger partial charge in [0.15, 0.2) is 11.4 Å². The van der Waals surface area contributed by atoms with Gasteiger partial charge < -0.3 is 30.0 Å². The fraction of sp³-hybridized carbons (Fsp3) is 0.500. The van der Waals surface area contributed by atoms with E-state index in [0.717, 1.165) is 47.9 Å². The van der Waals surface area contributed by atoms with Crippen LogP contribution in [0.3, 0.4) is 0 Å². The Hall–Kier alpha value is -3.70. The first-order chi connectivity index (χ1) is 25.6. The first-order valence-corrected chi connectivity index (χ1v) is 20.6. The fourth-order valence-electron chi connectivity index (χ4n) is 7.33. The molecule has 0 saturated carbocycles. The van der Waals surface area contributed by atoms with Gasteiger partial charge in [-0.25, -0.2) is 18.2 Å². The lowest BCUT2D eigenvalue weighted by atomic mass is 10.0. The minimum absolute atomic E-state index is 0.0292. The molecule has 7 rings (SSSR count). The maximum atomic E-state index is 14.3. The molecule has 4 aromatic rings. The molecule has 3 fully saturated rings. The van der Waals surface area contributed by atoms with Crippen molar-refractivity contribution in [3.63, 3.8) is 0 Å². The van der Waals surface area contributed by atoms with Gasteiger partial charge in [0.05, 0.1) is 46.4 Å². The predicted molar refractivity (Wildman–Crippen MR) is 202 cm³/mol. The van der Waals surface area contributed by atoms with Crippen molar-refractivity contribution in [1.29, 1.82) is 0 Å². The van der Waals surface area contributed by atoms with E-state index in [1.165, 1.54) is 21.2 Å². The summed E-state index contributed by atoms with van der Waals surface area (Å²) in [4.78, 5) is 24.7. The predicted octanol–water partition coefficient (Wildman–Crippen LogP) is 4.48. The van der Waals surface area contributed by atoms with E-state index >= 15 is 0 Å². The van der Waals surface area contributed by atoms with Gasteiger partial charge in [-0.05, 0) is 60.6 Å². The summed E-state index contributed by atoms with van der Waals surface area (Å²) in [5, 5.41) is 18.8. The molecular weight excluding hydrogens is 717 g/mol. The Morgan fingerprint density at radius 3 is 2.72 bits per heavy atom. The molecule has 284 valence electrons. The third-order valence-electron chi connectivity index (χ3n) is 10.00. The summed E-state index contributed by atoms with van der Waals surface area (Å²) in [7, 11) is -4.05. The molecule has 3 aliphatic rings. The number of amides is 1. The minimum Gasteiger partial charge on any atom is -0.443 e. The number of rotatable bonds is 15. The van der Waals surface area contributed by atoms with Crippen molar-refractivity contribution in [2.45, 2.75) is 75.1 Å². The molecule has 0 radical (unpaired) electrons. The van der Waals surface area contributed by atoms with Gasteiger partial charge in [-0.1, -0.05) is 61.6 Å². The van der Waals surface area contributed by atoms with E-state index in [2.05, 4.69) is 26.6 Å². The highest BCUT2D eigenvalue weighted by atomic mass is 32.2. The van der Waals surface area contributed by atoms with Crippen LogP contribution in [0, 0.1) is 11.8 Å². The Labute approximate surface area is 314 Å². The summed E-state index contributed by atoms with van der Waals surface area (Å²) in [6, 6.07) is 17.9. The smallest absolute Gasteiger partial charge is 0.407 e. The fourth-order valence-corrected chi connectivity index (χ4v) is 10.0. The molecule has 0 spiro atoms. The molecule has 13 nitrogen and oxygen atoms in total. The number of aromatic nitrogens is 2. The summed E-state index contributed by atoms with van der Waals surface area (Å²) in [5.41, 5.74) is 2.77. The second-order valence-corrected chi connectivity index (χ2v) is 17.5. The number of fused-ring (bicyclic) bond motifs is 2. The van der Waals surface area contributed by atoms with Crippen LogP contribution < -0.4 is 10.6 Å². The molecule has 3 saturated heterocycles. The summed E-state index contributed by atoms with van der Waals surface area (Å²) >= 11 is 1.43. The summed E-state index contributed by atoms with van der Waals surface area (Å²) in [5.74, 6) is -0.0675. The number of nitrogens with zero attached hydrogens (tertiary/aromatic N) is 4. The Balaban J connectivity index is 1.04.